The SMILES string of the molecule is CC[C@@H](C(=O)Nc1ccccc1[C@H]1SCC(=O)N1c1ccccc1C(C)C)c1ccccc1. The lowest BCUT2D eigenvalue weighted by Gasteiger charge is -2.29. The topological polar surface area (TPSA) is 49.4 Å². The maximum Gasteiger partial charge on any atom is 0.238 e. The van der Waals surface area contributed by atoms with E-state index in [4.69, 9.17) is 0 Å². The number of carbonyl (C=O) groups excluding carboxylic acids is 2. The van der Waals surface area contributed by atoms with Gasteiger partial charge in [0.1, 0.15) is 5.37 Å². The smallest absolute Gasteiger partial charge is 0.238 e. The number of nitrogens with zero attached hydrogens (tertiary/aromatic N) is 1. The number of benzene rings is 3. The van der Waals surface area contributed by atoms with Crippen molar-refractivity contribution in [2.45, 2.75) is 44.4 Å². The zero-order valence-electron chi connectivity index (χ0n) is 19.3. The summed E-state index contributed by atoms with van der Waals surface area (Å²) in [5.74, 6) is 0.553. The maximum atomic E-state index is 13.3. The highest BCUT2D eigenvalue weighted by Crippen LogP contribution is 2.46. The van der Waals surface area contributed by atoms with Crippen LogP contribution in [0.15, 0.2) is 78.9 Å². The number of thioether (sulfide) groups is 1. The van der Waals surface area contributed by atoms with Crippen molar-refractivity contribution in [1.82, 2.24) is 0 Å². The molecule has 0 radical (unpaired) electrons. The van der Waals surface area contributed by atoms with Crippen LogP contribution in [0.1, 0.15) is 61.1 Å². The lowest BCUT2D eigenvalue weighted by atomic mass is 9.95. The Labute approximate surface area is 200 Å². The molecule has 1 fully saturated rings. The van der Waals surface area contributed by atoms with E-state index in [0.29, 0.717) is 18.1 Å². The van der Waals surface area contributed by atoms with Crippen molar-refractivity contribution >= 4 is 35.0 Å². The van der Waals surface area contributed by atoms with Crippen molar-refractivity contribution in [1.29, 1.82) is 0 Å². The summed E-state index contributed by atoms with van der Waals surface area (Å²) in [4.78, 5) is 28.2. The fourth-order valence-electron chi connectivity index (χ4n) is 4.41. The number of carbonyl (C=O) groups is 2. The monoisotopic (exact) mass is 458 g/mol. The second kappa shape index (κ2) is 10.3. The number of para-hydroxylation sites is 2. The van der Waals surface area contributed by atoms with Crippen molar-refractivity contribution in [3.63, 3.8) is 0 Å². The molecule has 0 saturated carbocycles. The summed E-state index contributed by atoms with van der Waals surface area (Å²) in [5.41, 5.74) is 4.81. The van der Waals surface area contributed by atoms with E-state index in [2.05, 4.69) is 25.2 Å². The normalized spacial score (nSPS) is 16.8. The molecule has 5 heteroatoms. The predicted octanol–water partition coefficient (Wildman–Crippen LogP) is 6.72. The van der Waals surface area contributed by atoms with Gasteiger partial charge in [0.15, 0.2) is 0 Å². The van der Waals surface area contributed by atoms with Gasteiger partial charge in [-0.05, 0) is 35.6 Å². The molecule has 170 valence electrons. The third kappa shape index (κ3) is 4.83. The Morgan fingerprint density at radius 3 is 2.39 bits per heavy atom. The highest BCUT2D eigenvalue weighted by Gasteiger charge is 2.37. The van der Waals surface area contributed by atoms with Crippen LogP contribution in [0.4, 0.5) is 11.4 Å². The highest BCUT2D eigenvalue weighted by molar-refractivity contribution is 8.00. The van der Waals surface area contributed by atoms with Crippen molar-refractivity contribution in [3.8, 4) is 0 Å². The summed E-state index contributed by atoms with van der Waals surface area (Å²) < 4.78 is 0. The first-order valence-corrected chi connectivity index (χ1v) is 12.5. The maximum absolute atomic E-state index is 13.3. The molecule has 3 aromatic carbocycles. The van der Waals surface area contributed by atoms with Gasteiger partial charge in [0.2, 0.25) is 11.8 Å². The predicted molar refractivity (Wildman–Crippen MR) is 138 cm³/mol. The van der Waals surface area contributed by atoms with Crippen LogP contribution >= 0.6 is 11.8 Å². The minimum absolute atomic E-state index is 0.0281. The Kier molecular flexibility index (Phi) is 7.19. The summed E-state index contributed by atoms with van der Waals surface area (Å²) in [5, 5.41) is 2.98. The van der Waals surface area contributed by atoms with Gasteiger partial charge in [-0.15, -0.1) is 11.8 Å². The number of amides is 2. The third-order valence-electron chi connectivity index (χ3n) is 6.10. The van der Waals surface area contributed by atoms with E-state index in [9.17, 15) is 9.59 Å². The number of anilines is 2. The molecule has 33 heavy (non-hydrogen) atoms. The van der Waals surface area contributed by atoms with Gasteiger partial charge in [-0.2, -0.15) is 0 Å². The van der Waals surface area contributed by atoms with E-state index in [1.54, 1.807) is 11.8 Å². The number of rotatable bonds is 7. The van der Waals surface area contributed by atoms with Crippen molar-refractivity contribution in [2.24, 2.45) is 0 Å². The molecule has 0 aliphatic carbocycles. The number of hydrogen-bond acceptors (Lipinski definition) is 3. The van der Waals surface area contributed by atoms with Crippen LogP contribution in [0.3, 0.4) is 0 Å². The van der Waals surface area contributed by atoms with E-state index in [1.807, 2.05) is 84.6 Å². The molecule has 2 atom stereocenters. The quantitative estimate of drug-likeness (QED) is 0.427. The minimum Gasteiger partial charge on any atom is -0.325 e. The zero-order valence-corrected chi connectivity index (χ0v) is 20.1. The van der Waals surface area contributed by atoms with E-state index in [0.717, 1.165) is 28.1 Å². The van der Waals surface area contributed by atoms with Gasteiger partial charge in [-0.1, -0.05) is 87.5 Å². The Morgan fingerprint density at radius 1 is 1.00 bits per heavy atom. The van der Waals surface area contributed by atoms with E-state index >= 15 is 0 Å². The van der Waals surface area contributed by atoms with Gasteiger partial charge >= 0.3 is 0 Å². The first-order valence-electron chi connectivity index (χ1n) is 11.5. The van der Waals surface area contributed by atoms with E-state index < -0.39 is 0 Å². The first kappa shape index (κ1) is 23.1. The molecule has 4 rings (SSSR count). The summed E-state index contributed by atoms with van der Waals surface area (Å²) in [6.45, 7) is 6.31. The molecular formula is C28H30N2O2S. The summed E-state index contributed by atoms with van der Waals surface area (Å²) in [7, 11) is 0. The van der Waals surface area contributed by atoms with Crippen molar-refractivity contribution in [2.75, 3.05) is 16.0 Å². The number of nitrogens with one attached hydrogen (secondary N) is 1. The zero-order chi connectivity index (χ0) is 23.4. The van der Waals surface area contributed by atoms with Crippen LogP contribution in [0.2, 0.25) is 0 Å². The Hall–Kier alpha value is -3.05. The minimum atomic E-state index is -0.227. The summed E-state index contributed by atoms with van der Waals surface area (Å²) >= 11 is 1.60. The molecule has 0 bridgehead atoms. The Bertz CT molecular complexity index is 1130. The molecule has 1 aliphatic heterocycles. The largest absolute Gasteiger partial charge is 0.325 e. The van der Waals surface area contributed by atoms with Crippen LogP contribution in [0, 0.1) is 0 Å². The molecule has 0 unspecified atom stereocenters. The molecule has 1 N–H and O–H groups in total. The fourth-order valence-corrected chi connectivity index (χ4v) is 5.62. The van der Waals surface area contributed by atoms with E-state index in [-0.39, 0.29) is 23.1 Å². The van der Waals surface area contributed by atoms with Gasteiger partial charge < -0.3 is 5.32 Å². The average molecular weight is 459 g/mol. The van der Waals surface area contributed by atoms with Gasteiger partial charge in [0.05, 0.1) is 11.7 Å². The fraction of sp³-hybridized carbons (Fsp3) is 0.286. The highest BCUT2D eigenvalue weighted by atomic mass is 32.2. The first-order chi connectivity index (χ1) is 16.0. The lowest BCUT2D eigenvalue weighted by molar-refractivity contribution is -0.117. The molecule has 4 nitrogen and oxygen atoms in total. The molecule has 3 aromatic rings. The van der Waals surface area contributed by atoms with Crippen LogP contribution in [0.25, 0.3) is 0 Å². The third-order valence-corrected chi connectivity index (χ3v) is 7.29. The van der Waals surface area contributed by atoms with Crippen LogP contribution < -0.4 is 10.2 Å². The Balaban J connectivity index is 1.67. The van der Waals surface area contributed by atoms with Gasteiger partial charge in [0, 0.05) is 16.9 Å². The lowest BCUT2D eigenvalue weighted by Crippen LogP contribution is -2.30. The molecule has 2 amide bonds. The number of hydrogen-bond donors (Lipinski definition) is 1. The second-order valence-electron chi connectivity index (χ2n) is 8.59. The molecule has 0 aromatic heterocycles. The molecule has 1 heterocycles. The molecule has 1 saturated heterocycles. The average Bonchev–Trinajstić information content (AvgIpc) is 3.21. The molecule has 1 aliphatic rings. The summed E-state index contributed by atoms with van der Waals surface area (Å²) in [6, 6.07) is 25.8. The second-order valence-corrected chi connectivity index (χ2v) is 9.66. The van der Waals surface area contributed by atoms with Crippen LogP contribution in [-0.4, -0.2) is 17.6 Å². The van der Waals surface area contributed by atoms with Gasteiger partial charge in [0.25, 0.3) is 0 Å². The van der Waals surface area contributed by atoms with Crippen molar-refractivity contribution in [3.05, 3.63) is 95.6 Å². The van der Waals surface area contributed by atoms with Gasteiger partial charge in [-0.25, -0.2) is 0 Å². The summed E-state index contributed by atoms with van der Waals surface area (Å²) in [6.07, 6.45) is 0.711. The molecule has 0 spiro atoms. The standard InChI is InChI=1S/C28H30N2O2S/c1-4-21(20-12-6-5-7-13-20)27(32)29-24-16-10-8-15-23(24)28-30(26(31)18-33-28)25-17-11-9-14-22(25)19(2)3/h5-17,19,21,28H,4,18H2,1-3H3,(H,29,32)/t21-,28-/m1/s1. The van der Waals surface area contributed by atoms with E-state index in [1.165, 1.54) is 0 Å². The molecular weight excluding hydrogens is 428 g/mol. The van der Waals surface area contributed by atoms with Crippen LogP contribution in [0.5, 0.6) is 0 Å². The van der Waals surface area contributed by atoms with Gasteiger partial charge in [-0.3, -0.25) is 14.5 Å². The van der Waals surface area contributed by atoms with Crippen LogP contribution in [-0.2, 0) is 9.59 Å². The van der Waals surface area contributed by atoms with Crippen molar-refractivity contribution < 1.29 is 9.59 Å². The Morgan fingerprint density at radius 2 is 1.67 bits per heavy atom.